The fourth-order valence-electron chi connectivity index (χ4n) is 2.62. The fourth-order valence-corrected chi connectivity index (χ4v) is 2.62. The first-order chi connectivity index (χ1) is 8.13. The number of aliphatic carboxylic acids is 1. The summed E-state index contributed by atoms with van der Waals surface area (Å²) >= 11 is 0. The molecule has 0 fully saturated rings. The van der Waals surface area contributed by atoms with Crippen molar-refractivity contribution >= 4 is 5.97 Å². The van der Waals surface area contributed by atoms with Gasteiger partial charge in [-0.2, -0.15) is 0 Å². The van der Waals surface area contributed by atoms with Crippen molar-refractivity contribution in [3.63, 3.8) is 0 Å². The Balaban J connectivity index is 2.28. The number of fused-ring (bicyclic) bond motifs is 1. The van der Waals surface area contributed by atoms with Crippen LogP contribution in [0.2, 0.25) is 0 Å². The highest BCUT2D eigenvalue weighted by Gasteiger charge is 2.22. The molecule has 1 aliphatic rings. The maximum atomic E-state index is 11.1. The minimum atomic E-state index is -0.729. The van der Waals surface area contributed by atoms with Crippen molar-refractivity contribution in [2.75, 3.05) is 0 Å². The zero-order valence-electron chi connectivity index (χ0n) is 10.1. The van der Waals surface area contributed by atoms with Gasteiger partial charge in [0.05, 0.1) is 5.92 Å². The predicted octanol–water partition coefficient (Wildman–Crippen LogP) is 2.53. The summed E-state index contributed by atoms with van der Waals surface area (Å²) in [5, 5.41) is 18.8. The van der Waals surface area contributed by atoms with Crippen LogP contribution in [0.15, 0.2) is 12.1 Å². The summed E-state index contributed by atoms with van der Waals surface area (Å²) in [5.41, 5.74) is 3.32. The summed E-state index contributed by atoms with van der Waals surface area (Å²) in [5.74, 6) is -0.679. The van der Waals surface area contributed by atoms with Crippen molar-refractivity contribution in [3.8, 4) is 5.75 Å². The second kappa shape index (κ2) is 4.78. The SMILES string of the molecule is CCC(Cc1ccc(O)c2c1CCC2)C(=O)O. The Morgan fingerprint density at radius 3 is 2.71 bits per heavy atom. The first kappa shape index (κ1) is 12.0. The molecule has 0 saturated carbocycles. The average molecular weight is 234 g/mol. The van der Waals surface area contributed by atoms with Crippen molar-refractivity contribution in [1.82, 2.24) is 0 Å². The van der Waals surface area contributed by atoms with E-state index in [2.05, 4.69) is 0 Å². The smallest absolute Gasteiger partial charge is 0.306 e. The summed E-state index contributed by atoms with van der Waals surface area (Å²) in [6.45, 7) is 1.90. The summed E-state index contributed by atoms with van der Waals surface area (Å²) in [4.78, 5) is 11.1. The molecule has 92 valence electrons. The Labute approximate surface area is 101 Å². The summed E-state index contributed by atoms with van der Waals surface area (Å²) in [7, 11) is 0. The van der Waals surface area contributed by atoms with Gasteiger partial charge < -0.3 is 10.2 Å². The van der Waals surface area contributed by atoms with Crippen molar-refractivity contribution in [1.29, 1.82) is 0 Å². The maximum Gasteiger partial charge on any atom is 0.306 e. The van der Waals surface area contributed by atoms with Crippen LogP contribution in [-0.4, -0.2) is 16.2 Å². The molecule has 1 aromatic rings. The average Bonchev–Trinajstić information content (AvgIpc) is 2.78. The summed E-state index contributed by atoms with van der Waals surface area (Å²) < 4.78 is 0. The second-order valence-electron chi connectivity index (χ2n) is 4.70. The quantitative estimate of drug-likeness (QED) is 0.841. The summed E-state index contributed by atoms with van der Waals surface area (Å²) in [6.07, 6.45) is 4.16. The molecule has 0 bridgehead atoms. The lowest BCUT2D eigenvalue weighted by Gasteiger charge is -2.14. The standard InChI is InChI=1S/C14H18O3/c1-2-9(14(16)17)8-10-6-7-13(15)12-5-3-4-11(10)12/h6-7,9,15H,2-5,8H2,1H3,(H,16,17). The van der Waals surface area contributed by atoms with Gasteiger partial charge in [-0.3, -0.25) is 4.79 Å². The van der Waals surface area contributed by atoms with E-state index >= 15 is 0 Å². The molecule has 0 spiro atoms. The Bertz CT molecular complexity index is 437. The van der Waals surface area contributed by atoms with Crippen LogP contribution in [0.4, 0.5) is 0 Å². The molecule has 0 aliphatic heterocycles. The molecule has 2 N–H and O–H groups in total. The van der Waals surface area contributed by atoms with Crippen LogP contribution >= 0.6 is 0 Å². The van der Waals surface area contributed by atoms with E-state index in [1.165, 1.54) is 5.56 Å². The van der Waals surface area contributed by atoms with E-state index in [9.17, 15) is 9.90 Å². The van der Waals surface area contributed by atoms with Gasteiger partial charge in [-0.05, 0) is 54.9 Å². The Morgan fingerprint density at radius 1 is 1.35 bits per heavy atom. The molecule has 1 aromatic carbocycles. The van der Waals surface area contributed by atoms with Crippen LogP contribution in [0.1, 0.15) is 36.5 Å². The van der Waals surface area contributed by atoms with Crippen molar-refractivity contribution < 1.29 is 15.0 Å². The van der Waals surface area contributed by atoms with Crippen LogP contribution in [-0.2, 0) is 24.1 Å². The number of carbonyl (C=O) groups is 1. The molecule has 1 unspecified atom stereocenters. The van der Waals surface area contributed by atoms with Crippen LogP contribution in [0.5, 0.6) is 5.75 Å². The number of benzene rings is 1. The molecule has 0 amide bonds. The topological polar surface area (TPSA) is 57.5 Å². The van der Waals surface area contributed by atoms with Gasteiger partial charge >= 0.3 is 5.97 Å². The monoisotopic (exact) mass is 234 g/mol. The first-order valence-electron chi connectivity index (χ1n) is 6.18. The molecule has 3 nitrogen and oxygen atoms in total. The lowest BCUT2D eigenvalue weighted by Crippen LogP contribution is -2.16. The molecule has 0 aromatic heterocycles. The number of hydrogen-bond donors (Lipinski definition) is 2. The Morgan fingerprint density at radius 2 is 2.06 bits per heavy atom. The number of rotatable bonds is 4. The molecular weight excluding hydrogens is 216 g/mol. The molecule has 3 heteroatoms. The largest absolute Gasteiger partial charge is 0.508 e. The van der Waals surface area contributed by atoms with Crippen molar-refractivity contribution in [2.45, 2.75) is 39.0 Å². The Hall–Kier alpha value is -1.51. The zero-order valence-corrected chi connectivity index (χ0v) is 10.1. The fraction of sp³-hybridized carbons (Fsp3) is 0.500. The molecule has 0 saturated heterocycles. The van der Waals surface area contributed by atoms with Gasteiger partial charge in [0.25, 0.3) is 0 Å². The van der Waals surface area contributed by atoms with E-state index < -0.39 is 5.97 Å². The molecule has 0 heterocycles. The number of aromatic hydroxyl groups is 1. The Kier molecular flexibility index (Phi) is 3.36. The van der Waals surface area contributed by atoms with Gasteiger partial charge in [0, 0.05) is 0 Å². The summed E-state index contributed by atoms with van der Waals surface area (Å²) in [6, 6.07) is 3.58. The highest BCUT2D eigenvalue weighted by atomic mass is 16.4. The predicted molar refractivity (Wildman–Crippen MR) is 65.3 cm³/mol. The van der Waals surface area contributed by atoms with E-state index in [1.807, 2.05) is 13.0 Å². The van der Waals surface area contributed by atoms with Gasteiger partial charge in [0.15, 0.2) is 0 Å². The van der Waals surface area contributed by atoms with E-state index in [-0.39, 0.29) is 5.92 Å². The molecular formula is C14H18O3. The van der Waals surface area contributed by atoms with Crippen LogP contribution in [0.3, 0.4) is 0 Å². The van der Waals surface area contributed by atoms with Gasteiger partial charge in [0.2, 0.25) is 0 Å². The maximum absolute atomic E-state index is 11.1. The van der Waals surface area contributed by atoms with Gasteiger partial charge in [-0.1, -0.05) is 13.0 Å². The second-order valence-corrected chi connectivity index (χ2v) is 4.70. The zero-order chi connectivity index (χ0) is 12.4. The van der Waals surface area contributed by atoms with E-state index in [0.717, 1.165) is 30.4 Å². The lowest BCUT2D eigenvalue weighted by molar-refractivity contribution is -0.141. The number of hydrogen-bond acceptors (Lipinski definition) is 2. The van der Waals surface area contributed by atoms with Crippen LogP contribution in [0, 0.1) is 5.92 Å². The lowest BCUT2D eigenvalue weighted by atomic mass is 9.92. The van der Waals surface area contributed by atoms with E-state index in [0.29, 0.717) is 18.6 Å². The highest BCUT2D eigenvalue weighted by Crippen LogP contribution is 2.33. The molecule has 1 aliphatic carbocycles. The minimum absolute atomic E-state index is 0.316. The molecule has 17 heavy (non-hydrogen) atoms. The minimum Gasteiger partial charge on any atom is -0.508 e. The number of phenols is 1. The van der Waals surface area contributed by atoms with Crippen LogP contribution < -0.4 is 0 Å². The number of carboxylic acid groups (broad SMARTS) is 1. The van der Waals surface area contributed by atoms with Crippen molar-refractivity contribution in [2.24, 2.45) is 5.92 Å². The molecule has 2 rings (SSSR count). The molecule has 0 radical (unpaired) electrons. The third kappa shape index (κ3) is 2.28. The first-order valence-corrected chi connectivity index (χ1v) is 6.18. The van der Waals surface area contributed by atoms with Gasteiger partial charge in [0.1, 0.15) is 5.75 Å². The third-order valence-corrected chi connectivity index (χ3v) is 3.67. The number of phenolic OH excluding ortho intramolecular Hbond substituents is 1. The normalized spacial score (nSPS) is 15.6. The number of carboxylic acids is 1. The van der Waals surface area contributed by atoms with Crippen molar-refractivity contribution in [3.05, 3.63) is 28.8 Å². The van der Waals surface area contributed by atoms with Gasteiger partial charge in [-0.25, -0.2) is 0 Å². The highest BCUT2D eigenvalue weighted by molar-refractivity contribution is 5.70. The van der Waals surface area contributed by atoms with Gasteiger partial charge in [-0.15, -0.1) is 0 Å². The van der Waals surface area contributed by atoms with Crippen LogP contribution in [0.25, 0.3) is 0 Å². The van der Waals surface area contributed by atoms with E-state index in [1.54, 1.807) is 6.07 Å². The molecule has 1 atom stereocenters. The third-order valence-electron chi connectivity index (χ3n) is 3.67. The van der Waals surface area contributed by atoms with E-state index in [4.69, 9.17) is 5.11 Å².